The molecular formula is C21H19N3O7. The number of carbonyl (C=O) groups excluding carboxylic acids is 4. The molecule has 0 aromatic heterocycles. The van der Waals surface area contributed by atoms with Crippen molar-refractivity contribution in [2.45, 2.75) is 0 Å². The number of amides is 5. The molecule has 0 bridgehead atoms. The fourth-order valence-corrected chi connectivity index (χ4v) is 2.69. The van der Waals surface area contributed by atoms with Gasteiger partial charge in [0.15, 0.2) is 18.1 Å². The number of imide groups is 2. The maximum Gasteiger partial charge on any atom is 0.328 e. The topological polar surface area (TPSA) is 132 Å². The highest BCUT2D eigenvalue weighted by atomic mass is 16.5. The summed E-state index contributed by atoms with van der Waals surface area (Å²) >= 11 is 0. The fourth-order valence-electron chi connectivity index (χ4n) is 2.69. The molecule has 1 heterocycles. The van der Waals surface area contributed by atoms with Gasteiger partial charge in [-0.1, -0.05) is 12.1 Å². The van der Waals surface area contributed by atoms with E-state index in [0.717, 1.165) is 0 Å². The first-order valence-corrected chi connectivity index (χ1v) is 9.02. The van der Waals surface area contributed by atoms with E-state index >= 15 is 0 Å². The normalized spacial score (nSPS) is 13.1. The molecule has 160 valence electrons. The smallest absolute Gasteiger partial charge is 0.328 e. The second kappa shape index (κ2) is 9.44. The van der Waals surface area contributed by atoms with Gasteiger partial charge in [0, 0.05) is 11.8 Å². The first-order chi connectivity index (χ1) is 14.9. The molecule has 2 aromatic carbocycles. The quantitative estimate of drug-likeness (QED) is 0.452. The standard InChI is InChI=1S/C21H19N3O7/c1-29-16-8-5-13(10-17(16)30-2)22-18(25)11-31-14-6-3-12(4-7-14)9-15-19(26)23-21(28)24-20(15)27/h3-10H,11H2,1-2H3,(H,22,25)(H2,23,24,26,27,28). The van der Waals surface area contributed by atoms with Gasteiger partial charge >= 0.3 is 6.03 Å². The van der Waals surface area contributed by atoms with Crippen LogP contribution in [0.3, 0.4) is 0 Å². The number of benzene rings is 2. The number of nitrogens with one attached hydrogen (secondary N) is 3. The van der Waals surface area contributed by atoms with Crippen LogP contribution in [-0.4, -0.2) is 44.6 Å². The molecule has 0 unspecified atom stereocenters. The van der Waals surface area contributed by atoms with E-state index in [-0.39, 0.29) is 18.1 Å². The Labute approximate surface area is 177 Å². The summed E-state index contributed by atoms with van der Waals surface area (Å²) in [4.78, 5) is 46.7. The molecule has 0 spiro atoms. The molecule has 1 aliphatic heterocycles. The van der Waals surface area contributed by atoms with Gasteiger partial charge in [0.2, 0.25) is 0 Å². The van der Waals surface area contributed by atoms with Crippen LogP contribution in [0.5, 0.6) is 17.2 Å². The van der Waals surface area contributed by atoms with Crippen molar-refractivity contribution in [1.82, 2.24) is 10.6 Å². The van der Waals surface area contributed by atoms with Crippen LogP contribution in [0.4, 0.5) is 10.5 Å². The lowest BCUT2D eigenvalue weighted by molar-refractivity contribution is -0.124. The number of carbonyl (C=O) groups is 4. The molecule has 1 aliphatic rings. The van der Waals surface area contributed by atoms with Crippen molar-refractivity contribution in [2.24, 2.45) is 0 Å². The third kappa shape index (κ3) is 5.38. The Morgan fingerprint density at radius 2 is 1.58 bits per heavy atom. The van der Waals surface area contributed by atoms with Crippen LogP contribution in [0.1, 0.15) is 5.56 Å². The van der Waals surface area contributed by atoms with Crippen molar-refractivity contribution in [2.75, 3.05) is 26.1 Å². The zero-order chi connectivity index (χ0) is 22.4. The van der Waals surface area contributed by atoms with E-state index < -0.39 is 17.8 Å². The molecule has 1 fully saturated rings. The zero-order valence-corrected chi connectivity index (χ0v) is 16.7. The highest BCUT2D eigenvalue weighted by Crippen LogP contribution is 2.29. The van der Waals surface area contributed by atoms with Crippen molar-refractivity contribution >= 4 is 35.5 Å². The maximum atomic E-state index is 12.1. The van der Waals surface area contributed by atoms with E-state index in [1.165, 1.54) is 20.3 Å². The van der Waals surface area contributed by atoms with E-state index in [9.17, 15) is 19.2 Å². The van der Waals surface area contributed by atoms with Crippen LogP contribution in [-0.2, 0) is 14.4 Å². The largest absolute Gasteiger partial charge is 0.493 e. The van der Waals surface area contributed by atoms with Crippen LogP contribution < -0.4 is 30.2 Å². The Hall–Kier alpha value is -4.34. The number of urea groups is 1. The number of hydrogen-bond acceptors (Lipinski definition) is 7. The lowest BCUT2D eigenvalue weighted by atomic mass is 10.1. The average Bonchev–Trinajstić information content (AvgIpc) is 2.75. The molecule has 0 radical (unpaired) electrons. The van der Waals surface area contributed by atoms with Gasteiger partial charge in [-0.3, -0.25) is 25.0 Å². The maximum absolute atomic E-state index is 12.1. The van der Waals surface area contributed by atoms with Gasteiger partial charge in [0.25, 0.3) is 17.7 Å². The van der Waals surface area contributed by atoms with Crippen molar-refractivity contribution in [3.63, 3.8) is 0 Å². The molecule has 3 N–H and O–H groups in total. The molecule has 3 rings (SSSR count). The minimum Gasteiger partial charge on any atom is -0.493 e. The Morgan fingerprint density at radius 3 is 2.19 bits per heavy atom. The van der Waals surface area contributed by atoms with E-state index in [2.05, 4.69) is 5.32 Å². The van der Waals surface area contributed by atoms with Crippen molar-refractivity contribution < 1.29 is 33.4 Å². The molecule has 0 atom stereocenters. The molecule has 1 saturated heterocycles. The van der Waals surface area contributed by atoms with Crippen molar-refractivity contribution in [3.05, 3.63) is 53.6 Å². The Balaban J connectivity index is 1.57. The molecule has 10 nitrogen and oxygen atoms in total. The Morgan fingerprint density at radius 1 is 0.935 bits per heavy atom. The number of hydrogen-bond donors (Lipinski definition) is 3. The van der Waals surface area contributed by atoms with E-state index in [1.807, 2.05) is 10.6 Å². The summed E-state index contributed by atoms with van der Waals surface area (Å²) in [6, 6.07) is 10.5. The minimum absolute atomic E-state index is 0.192. The summed E-state index contributed by atoms with van der Waals surface area (Å²) in [6.07, 6.45) is 1.34. The molecule has 10 heteroatoms. The molecular weight excluding hydrogens is 406 g/mol. The number of anilines is 1. The summed E-state index contributed by atoms with van der Waals surface area (Å²) in [6.45, 7) is -0.234. The lowest BCUT2D eigenvalue weighted by Gasteiger charge is -2.14. The van der Waals surface area contributed by atoms with Crippen LogP contribution in [0.2, 0.25) is 0 Å². The third-order valence-electron chi connectivity index (χ3n) is 4.17. The van der Waals surface area contributed by atoms with Gasteiger partial charge in [0.1, 0.15) is 11.3 Å². The molecule has 2 aromatic rings. The number of methoxy groups -OCH3 is 2. The second-order valence-electron chi connectivity index (χ2n) is 6.27. The SMILES string of the molecule is COc1ccc(NC(=O)COc2ccc(C=C3C(=O)NC(=O)NC3=O)cc2)cc1OC. The van der Waals surface area contributed by atoms with Gasteiger partial charge in [-0.05, 0) is 35.9 Å². The predicted octanol–water partition coefficient (Wildman–Crippen LogP) is 1.47. The first-order valence-electron chi connectivity index (χ1n) is 9.02. The zero-order valence-electron chi connectivity index (χ0n) is 16.7. The number of rotatable bonds is 7. The summed E-state index contributed by atoms with van der Waals surface area (Å²) in [7, 11) is 3.02. The second-order valence-corrected chi connectivity index (χ2v) is 6.27. The van der Waals surface area contributed by atoms with E-state index in [4.69, 9.17) is 14.2 Å². The van der Waals surface area contributed by atoms with Gasteiger partial charge in [-0.25, -0.2) is 4.79 Å². The van der Waals surface area contributed by atoms with Crippen LogP contribution in [0.25, 0.3) is 6.08 Å². The van der Waals surface area contributed by atoms with Crippen LogP contribution in [0.15, 0.2) is 48.0 Å². The summed E-state index contributed by atoms with van der Waals surface area (Å²) in [5.74, 6) is -0.491. The van der Waals surface area contributed by atoms with Gasteiger partial charge in [-0.2, -0.15) is 0 Å². The van der Waals surface area contributed by atoms with Crippen molar-refractivity contribution in [1.29, 1.82) is 0 Å². The highest BCUT2D eigenvalue weighted by molar-refractivity contribution is 6.31. The number of barbiturate groups is 1. The molecule has 0 aliphatic carbocycles. The highest BCUT2D eigenvalue weighted by Gasteiger charge is 2.27. The summed E-state index contributed by atoms with van der Waals surface area (Å²) in [5.41, 5.74) is 0.870. The summed E-state index contributed by atoms with van der Waals surface area (Å²) in [5, 5.41) is 6.68. The van der Waals surface area contributed by atoms with Gasteiger partial charge in [0.05, 0.1) is 14.2 Å². The van der Waals surface area contributed by atoms with Gasteiger partial charge in [-0.15, -0.1) is 0 Å². The molecule has 0 saturated carbocycles. The van der Waals surface area contributed by atoms with Crippen LogP contribution in [0, 0.1) is 0 Å². The van der Waals surface area contributed by atoms with Gasteiger partial charge < -0.3 is 19.5 Å². The van der Waals surface area contributed by atoms with E-state index in [1.54, 1.807) is 42.5 Å². The monoisotopic (exact) mass is 425 g/mol. The minimum atomic E-state index is -0.859. The lowest BCUT2D eigenvalue weighted by Crippen LogP contribution is -2.51. The third-order valence-corrected chi connectivity index (χ3v) is 4.17. The van der Waals surface area contributed by atoms with E-state index in [0.29, 0.717) is 28.5 Å². The molecule has 31 heavy (non-hydrogen) atoms. The molecule has 5 amide bonds. The predicted molar refractivity (Wildman–Crippen MR) is 110 cm³/mol. The average molecular weight is 425 g/mol. The van der Waals surface area contributed by atoms with Crippen molar-refractivity contribution in [3.8, 4) is 17.2 Å². The Kier molecular flexibility index (Phi) is 6.51. The fraction of sp³-hybridized carbons (Fsp3) is 0.143. The first kappa shape index (κ1) is 21.4. The number of ether oxygens (including phenoxy) is 3. The van der Waals surface area contributed by atoms with Crippen LogP contribution >= 0.6 is 0 Å². The Bertz CT molecular complexity index is 1040. The summed E-state index contributed by atoms with van der Waals surface area (Å²) < 4.78 is 15.8.